The lowest BCUT2D eigenvalue weighted by Gasteiger charge is -2.18. The van der Waals surface area contributed by atoms with Crippen molar-refractivity contribution in [2.75, 3.05) is 7.11 Å². The molecule has 0 aliphatic rings. The van der Waals surface area contributed by atoms with Gasteiger partial charge in [0.05, 0.1) is 7.11 Å². The molecule has 0 aliphatic heterocycles. The smallest absolute Gasteiger partial charge is 0.123 e. The van der Waals surface area contributed by atoms with Crippen LogP contribution in [0.2, 0.25) is 0 Å². The van der Waals surface area contributed by atoms with E-state index in [0.29, 0.717) is 5.92 Å². The van der Waals surface area contributed by atoms with Crippen LogP contribution in [0.25, 0.3) is 0 Å². The monoisotopic (exact) mass is 256 g/mol. The molecule has 0 aliphatic carbocycles. The second kappa shape index (κ2) is 5.40. The molecule has 0 amide bonds. The zero-order valence-electron chi connectivity index (χ0n) is 9.01. The maximum Gasteiger partial charge on any atom is 0.123 e. The number of hydrogen-bond donors (Lipinski definition) is 0. The van der Waals surface area contributed by atoms with Crippen molar-refractivity contribution in [2.24, 2.45) is 0 Å². The Morgan fingerprint density at radius 2 is 1.93 bits per heavy atom. The summed E-state index contributed by atoms with van der Waals surface area (Å²) in [5.74, 6) is 1.58. The Hall–Kier alpha value is -0.500. The first-order valence-electron chi connectivity index (χ1n) is 5.06. The maximum absolute atomic E-state index is 5.38. The van der Waals surface area contributed by atoms with Crippen LogP contribution in [-0.4, -0.2) is 7.11 Å². The van der Waals surface area contributed by atoms with Crippen molar-refractivity contribution in [3.8, 4) is 5.75 Å². The molecule has 0 bridgehead atoms. The van der Waals surface area contributed by atoms with E-state index >= 15 is 0 Å². The lowest BCUT2D eigenvalue weighted by atomic mass is 9.93. The predicted octanol–water partition coefficient (Wildman–Crippen LogP) is 4.36. The van der Waals surface area contributed by atoms with Crippen LogP contribution < -0.4 is 4.74 Å². The molecule has 2 heteroatoms. The Bertz CT molecular complexity index is 292. The zero-order valence-corrected chi connectivity index (χ0v) is 10.6. The molecule has 0 heterocycles. The summed E-state index contributed by atoms with van der Waals surface area (Å²) < 4.78 is 6.54. The van der Waals surface area contributed by atoms with Gasteiger partial charge in [0.2, 0.25) is 0 Å². The summed E-state index contributed by atoms with van der Waals surface area (Å²) in [6, 6.07) is 6.11. The van der Waals surface area contributed by atoms with Crippen molar-refractivity contribution >= 4 is 15.9 Å². The van der Waals surface area contributed by atoms with Gasteiger partial charge in [-0.15, -0.1) is 0 Å². The Morgan fingerprint density at radius 1 is 1.29 bits per heavy atom. The van der Waals surface area contributed by atoms with Gasteiger partial charge in [0.15, 0.2) is 0 Å². The van der Waals surface area contributed by atoms with E-state index in [0.717, 1.165) is 23.1 Å². The molecule has 0 N–H and O–H groups in total. The van der Waals surface area contributed by atoms with Gasteiger partial charge in [-0.05, 0) is 30.9 Å². The molecule has 0 spiro atoms. The molecular weight excluding hydrogens is 240 g/mol. The van der Waals surface area contributed by atoms with Crippen LogP contribution in [0.15, 0.2) is 22.7 Å². The van der Waals surface area contributed by atoms with E-state index in [1.807, 2.05) is 12.1 Å². The van der Waals surface area contributed by atoms with E-state index in [2.05, 4.69) is 35.8 Å². The fraction of sp³-hybridized carbons (Fsp3) is 0.500. The number of hydrogen-bond acceptors (Lipinski definition) is 1. The van der Waals surface area contributed by atoms with Crippen LogP contribution in [0.1, 0.15) is 38.2 Å². The van der Waals surface area contributed by atoms with Crippen molar-refractivity contribution in [3.05, 3.63) is 28.2 Å². The van der Waals surface area contributed by atoms with Gasteiger partial charge < -0.3 is 4.74 Å². The molecule has 0 aromatic heterocycles. The average molecular weight is 257 g/mol. The fourth-order valence-electron chi connectivity index (χ4n) is 1.79. The van der Waals surface area contributed by atoms with Gasteiger partial charge in [-0.2, -0.15) is 0 Å². The van der Waals surface area contributed by atoms with Gasteiger partial charge >= 0.3 is 0 Å². The van der Waals surface area contributed by atoms with Crippen molar-refractivity contribution in [1.82, 2.24) is 0 Å². The molecule has 0 saturated heterocycles. The van der Waals surface area contributed by atoms with Crippen molar-refractivity contribution in [1.29, 1.82) is 0 Å². The van der Waals surface area contributed by atoms with E-state index in [1.165, 1.54) is 5.56 Å². The highest BCUT2D eigenvalue weighted by molar-refractivity contribution is 9.10. The third-order valence-corrected chi connectivity index (χ3v) is 3.32. The Balaban J connectivity index is 3.14. The van der Waals surface area contributed by atoms with Crippen molar-refractivity contribution < 1.29 is 4.74 Å². The number of halogens is 1. The number of rotatable bonds is 4. The highest BCUT2D eigenvalue weighted by atomic mass is 79.9. The molecule has 0 atom stereocenters. The van der Waals surface area contributed by atoms with Crippen LogP contribution in [-0.2, 0) is 0 Å². The Morgan fingerprint density at radius 3 is 2.43 bits per heavy atom. The van der Waals surface area contributed by atoms with Crippen LogP contribution in [0.4, 0.5) is 0 Å². The van der Waals surface area contributed by atoms with Gasteiger partial charge in [0, 0.05) is 10.0 Å². The summed E-state index contributed by atoms with van der Waals surface area (Å²) in [6.45, 7) is 4.43. The second-order valence-electron chi connectivity index (χ2n) is 3.37. The minimum Gasteiger partial charge on any atom is -0.496 e. The average Bonchev–Trinajstić information content (AvgIpc) is 2.22. The standard InChI is InChI=1S/C12H17BrO/c1-4-9(5-2)12-10(13)7-6-8-11(12)14-3/h6-9H,4-5H2,1-3H3. The first-order chi connectivity index (χ1) is 6.74. The molecular formula is C12H17BrO. The Kier molecular flexibility index (Phi) is 4.46. The molecule has 1 aromatic rings. The van der Waals surface area contributed by atoms with Crippen LogP contribution in [0.3, 0.4) is 0 Å². The molecule has 1 rings (SSSR count). The van der Waals surface area contributed by atoms with E-state index in [9.17, 15) is 0 Å². The minimum absolute atomic E-state index is 0.584. The summed E-state index contributed by atoms with van der Waals surface area (Å²) in [4.78, 5) is 0. The lowest BCUT2D eigenvalue weighted by molar-refractivity contribution is 0.403. The van der Waals surface area contributed by atoms with Crippen LogP contribution in [0.5, 0.6) is 5.75 Å². The summed E-state index contributed by atoms with van der Waals surface area (Å²) in [7, 11) is 1.73. The van der Waals surface area contributed by atoms with Gasteiger partial charge in [0.25, 0.3) is 0 Å². The summed E-state index contributed by atoms with van der Waals surface area (Å²) in [5, 5.41) is 0. The first kappa shape index (κ1) is 11.6. The molecule has 0 saturated carbocycles. The topological polar surface area (TPSA) is 9.23 Å². The van der Waals surface area contributed by atoms with Gasteiger partial charge in [-0.3, -0.25) is 0 Å². The molecule has 0 unspecified atom stereocenters. The molecule has 1 aromatic carbocycles. The van der Waals surface area contributed by atoms with E-state index < -0.39 is 0 Å². The van der Waals surface area contributed by atoms with Crippen LogP contribution in [0, 0.1) is 0 Å². The normalized spacial score (nSPS) is 10.6. The molecule has 0 fully saturated rings. The van der Waals surface area contributed by atoms with Gasteiger partial charge in [0.1, 0.15) is 5.75 Å². The largest absolute Gasteiger partial charge is 0.496 e. The molecule has 14 heavy (non-hydrogen) atoms. The summed E-state index contributed by atoms with van der Waals surface area (Å²) >= 11 is 3.59. The maximum atomic E-state index is 5.38. The van der Waals surface area contributed by atoms with Crippen molar-refractivity contribution in [3.63, 3.8) is 0 Å². The third kappa shape index (κ3) is 2.30. The number of benzene rings is 1. The first-order valence-corrected chi connectivity index (χ1v) is 5.86. The quantitative estimate of drug-likeness (QED) is 0.778. The minimum atomic E-state index is 0.584. The van der Waals surface area contributed by atoms with E-state index in [4.69, 9.17) is 4.74 Å². The summed E-state index contributed by atoms with van der Waals surface area (Å²) in [6.07, 6.45) is 2.30. The Labute approximate surface area is 94.6 Å². The lowest BCUT2D eigenvalue weighted by Crippen LogP contribution is -2.00. The number of ether oxygens (including phenoxy) is 1. The predicted molar refractivity (Wildman–Crippen MR) is 64.0 cm³/mol. The number of methoxy groups -OCH3 is 1. The van der Waals surface area contributed by atoms with Gasteiger partial charge in [-0.1, -0.05) is 35.8 Å². The fourth-order valence-corrected chi connectivity index (χ4v) is 2.46. The third-order valence-electron chi connectivity index (χ3n) is 2.63. The second-order valence-corrected chi connectivity index (χ2v) is 4.22. The van der Waals surface area contributed by atoms with E-state index in [1.54, 1.807) is 7.11 Å². The molecule has 0 radical (unpaired) electrons. The summed E-state index contributed by atoms with van der Waals surface area (Å²) in [5.41, 5.74) is 1.31. The van der Waals surface area contributed by atoms with E-state index in [-0.39, 0.29) is 0 Å². The highest BCUT2D eigenvalue weighted by Crippen LogP contribution is 2.36. The highest BCUT2D eigenvalue weighted by Gasteiger charge is 2.15. The van der Waals surface area contributed by atoms with Crippen LogP contribution >= 0.6 is 15.9 Å². The molecule has 1 nitrogen and oxygen atoms in total. The SMILES string of the molecule is CCC(CC)c1c(Br)cccc1OC. The van der Waals surface area contributed by atoms with Crippen molar-refractivity contribution in [2.45, 2.75) is 32.6 Å². The van der Waals surface area contributed by atoms with Gasteiger partial charge in [-0.25, -0.2) is 0 Å². The molecule has 78 valence electrons. The zero-order chi connectivity index (χ0) is 10.6.